The lowest BCUT2D eigenvalue weighted by atomic mass is 10.1. The third-order valence-corrected chi connectivity index (χ3v) is 7.28. The lowest BCUT2D eigenvalue weighted by Gasteiger charge is -2.19. The van der Waals surface area contributed by atoms with Gasteiger partial charge in [0, 0.05) is 25.9 Å². The maximum absolute atomic E-state index is 13.5. The van der Waals surface area contributed by atoms with Gasteiger partial charge in [-0.05, 0) is 72.6 Å². The highest BCUT2D eigenvalue weighted by atomic mass is 79.9. The number of anilines is 2. The maximum atomic E-state index is 13.5. The largest absolute Gasteiger partial charge is 0.321 e. The van der Waals surface area contributed by atoms with Gasteiger partial charge in [-0.1, -0.05) is 63.0 Å². The Labute approximate surface area is 219 Å². The number of halogens is 3. The number of carbonyl (C=O) groups is 2. The Balaban J connectivity index is 1.72. The molecule has 34 heavy (non-hydrogen) atoms. The number of nitrogens with one attached hydrogen (secondary N) is 1. The van der Waals surface area contributed by atoms with E-state index >= 15 is 0 Å². The quantitative estimate of drug-likeness (QED) is 0.269. The zero-order chi connectivity index (χ0) is 24.2. The summed E-state index contributed by atoms with van der Waals surface area (Å²) in [7, 11) is 0. The lowest BCUT2D eigenvalue weighted by molar-refractivity contribution is -0.117. The first-order valence-corrected chi connectivity index (χ1v) is 12.5. The van der Waals surface area contributed by atoms with E-state index in [1.54, 1.807) is 60.7 Å². The van der Waals surface area contributed by atoms with Crippen LogP contribution in [0.25, 0.3) is 0 Å². The molecule has 1 saturated heterocycles. The number of amides is 2. The van der Waals surface area contributed by atoms with E-state index in [4.69, 9.17) is 23.2 Å². The van der Waals surface area contributed by atoms with Gasteiger partial charge < -0.3 is 5.32 Å². The summed E-state index contributed by atoms with van der Waals surface area (Å²) in [6, 6.07) is 23.0. The van der Waals surface area contributed by atoms with Crippen LogP contribution in [-0.4, -0.2) is 17.1 Å². The predicted molar refractivity (Wildman–Crippen MR) is 141 cm³/mol. The molecule has 1 aliphatic heterocycles. The molecule has 0 saturated carbocycles. The molecule has 3 aromatic rings. The molecule has 2 amide bonds. The molecule has 170 valence electrons. The smallest absolute Gasteiger partial charge is 0.269 e. The van der Waals surface area contributed by atoms with Crippen molar-refractivity contribution in [3.05, 3.63) is 103 Å². The molecule has 3 aromatic carbocycles. The first-order valence-electron chi connectivity index (χ1n) is 10.1. The minimum absolute atomic E-state index is 0.148. The van der Waals surface area contributed by atoms with Crippen molar-refractivity contribution in [2.24, 2.45) is 0 Å². The highest BCUT2D eigenvalue weighted by molar-refractivity contribution is 9.10. The Morgan fingerprint density at radius 1 is 1.06 bits per heavy atom. The summed E-state index contributed by atoms with van der Waals surface area (Å²) in [6.45, 7) is 0. The van der Waals surface area contributed by atoms with Gasteiger partial charge in [-0.2, -0.15) is 5.26 Å². The van der Waals surface area contributed by atoms with Crippen LogP contribution >= 0.6 is 50.9 Å². The van der Waals surface area contributed by atoms with Crippen molar-refractivity contribution in [3.63, 3.8) is 0 Å². The van der Waals surface area contributed by atoms with Crippen molar-refractivity contribution < 1.29 is 9.59 Å². The minimum atomic E-state index is -0.606. The molecular formula is C25H16BrCl2N3O2S. The van der Waals surface area contributed by atoms with Gasteiger partial charge in [0.25, 0.3) is 5.91 Å². The van der Waals surface area contributed by atoms with E-state index in [1.807, 2.05) is 18.2 Å². The van der Waals surface area contributed by atoms with E-state index in [0.717, 1.165) is 10.0 Å². The van der Waals surface area contributed by atoms with Crippen molar-refractivity contribution in [1.82, 2.24) is 0 Å². The van der Waals surface area contributed by atoms with Crippen LogP contribution in [0, 0.1) is 11.3 Å². The second-order valence-corrected chi connectivity index (χ2v) is 10.3. The van der Waals surface area contributed by atoms with E-state index < -0.39 is 11.2 Å². The van der Waals surface area contributed by atoms with Gasteiger partial charge in [0.1, 0.15) is 16.7 Å². The SMILES string of the molecule is N#CC(C(=O)Nc1ccc(Cl)cc1)=C1SC(Cc2cccc(Cl)c2)C(=O)N1c1ccc(Br)cc1. The number of hydrogen-bond donors (Lipinski definition) is 1. The Kier molecular flexibility index (Phi) is 7.64. The third kappa shape index (κ3) is 5.48. The van der Waals surface area contributed by atoms with Gasteiger partial charge >= 0.3 is 0 Å². The lowest BCUT2D eigenvalue weighted by Crippen LogP contribution is -2.30. The van der Waals surface area contributed by atoms with Gasteiger partial charge in [0.05, 0.1) is 5.25 Å². The van der Waals surface area contributed by atoms with E-state index in [1.165, 1.54) is 16.7 Å². The Hall–Kier alpha value is -2.76. The molecular weight excluding hydrogens is 557 g/mol. The number of nitriles is 1. The molecule has 0 radical (unpaired) electrons. The molecule has 1 N–H and O–H groups in total. The van der Waals surface area contributed by atoms with E-state index in [9.17, 15) is 14.9 Å². The van der Waals surface area contributed by atoms with Gasteiger partial charge in [0.15, 0.2) is 0 Å². The van der Waals surface area contributed by atoms with Gasteiger partial charge in [-0.25, -0.2) is 0 Å². The van der Waals surface area contributed by atoms with Crippen LogP contribution in [0.1, 0.15) is 5.56 Å². The summed E-state index contributed by atoms with van der Waals surface area (Å²) in [5.41, 5.74) is 1.79. The first kappa shape index (κ1) is 24.4. The summed E-state index contributed by atoms with van der Waals surface area (Å²) >= 11 is 16.6. The molecule has 1 heterocycles. The van der Waals surface area contributed by atoms with Crippen LogP contribution in [0.3, 0.4) is 0 Å². The van der Waals surface area contributed by atoms with E-state index in [0.29, 0.717) is 27.8 Å². The van der Waals surface area contributed by atoms with Crippen molar-refractivity contribution in [2.45, 2.75) is 11.7 Å². The van der Waals surface area contributed by atoms with Gasteiger partial charge in [-0.3, -0.25) is 14.5 Å². The molecule has 1 fully saturated rings. The average molecular weight is 573 g/mol. The Bertz CT molecular complexity index is 1320. The summed E-state index contributed by atoms with van der Waals surface area (Å²) in [6.07, 6.45) is 0.401. The predicted octanol–water partition coefficient (Wildman–Crippen LogP) is 6.82. The second kappa shape index (κ2) is 10.7. The number of rotatable bonds is 5. The summed E-state index contributed by atoms with van der Waals surface area (Å²) < 4.78 is 0.845. The van der Waals surface area contributed by atoms with Crippen LogP contribution in [-0.2, 0) is 16.0 Å². The molecule has 1 unspecified atom stereocenters. The molecule has 4 rings (SSSR count). The molecule has 1 atom stereocenters. The molecule has 1 aliphatic rings. The molecule has 9 heteroatoms. The summed E-state index contributed by atoms with van der Waals surface area (Å²) in [4.78, 5) is 28.0. The standard InChI is InChI=1S/C25H16BrCl2N3O2S/c26-16-4-10-20(11-5-16)31-24(33)22(13-15-2-1-3-18(28)12-15)34-25(31)21(14-29)23(32)30-19-8-6-17(27)7-9-19/h1-12,22H,13H2,(H,30,32). The zero-order valence-corrected chi connectivity index (χ0v) is 21.4. The van der Waals surface area contributed by atoms with Crippen LogP contribution in [0.2, 0.25) is 10.0 Å². The number of hydrogen-bond acceptors (Lipinski definition) is 4. The van der Waals surface area contributed by atoms with Crippen molar-refractivity contribution in [2.75, 3.05) is 10.2 Å². The average Bonchev–Trinajstić information content (AvgIpc) is 3.12. The Morgan fingerprint density at radius 2 is 1.76 bits per heavy atom. The fraction of sp³-hybridized carbons (Fsp3) is 0.0800. The van der Waals surface area contributed by atoms with Crippen molar-refractivity contribution >= 4 is 74.1 Å². The molecule has 0 bridgehead atoms. The fourth-order valence-corrected chi connectivity index (χ4v) is 5.33. The number of thioether (sulfide) groups is 1. The zero-order valence-electron chi connectivity index (χ0n) is 17.5. The third-order valence-electron chi connectivity index (χ3n) is 5.00. The molecule has 0 aliphatic carbocycles. The maximum Gasteiger partial charge on any atom is 0.269 e. The summed E-state index contributed by atoms with van der Waals surface area (Å²) in [5, 5.41) is 13.5. The van der Waals surface area contributed by atoms with Crippen LogP contribution in [0.4, 0.5) is 11.4 Å². The van der Waals surface area contributed by atoms with Gasteiger partial charge in [-0.15, -0.1) is 0 Å². The normalized spacial score (nSPS) is 16.8. The number of benzene rings is 3. The Morgan fingerprint density at radius 3 is 2.41 bits per heavy atom. The molecule has 5 nitrogen and oxygen atoms in total. The van der Waals surface area contributed by atoms with E-state index in [-0.39, 0.29) is 16.5 Å². The van der Waals surface area contributed by atoms with Crippen molar-refractivity contribution in [1.29, 1.82) is 5.26 Å². The minimum Gasteiger partial charge on any atom is -0.321 e. The highest BCUT2D eigenvalue weighted by Gasteiger charge is 2.40. The number of carbonyl (C=O) groups excluding carboxylic acids is 2. The second-order valence-electron chi connectivity index (χ2n) is 7.34. The highest BCUT2D eigenvalue weighted by Crippen LogP contribution is 2.42. The first-order chi connectivity index (χ1) is 16.4. The fourth-order valence-electron chi connectivity index (χ4n) is 3.42. The monoisotopic (exact) mass is 571 g/mol. The summed E-state index contributed by atoms with van der Waals surface area (Å²) in [5.74, 6) is -0.819. The van der Waals surface area contributed by atoms with Crippen LogP contribution in [0.5, 0.6) is 0 Å². The molecule has 0 aromatic heterocycles. The van der Waals surface area contributed by atoms with Crippen LogP contribution in [0.15, 0.2) is 87.9 Å². The van der Waals surface area contributed by atoms with E-state index in [2.05, 4.69) is 21.2 Å². The molecule has 0 spiro atoms. The van der Waals surface area contributed by atoms with Crippen molar-refractivity contribution in [3.8, 4) is 6.07 Å². The van der Waals surface area contributed by atoms with Gasteiger partial charge in [0.2, 0.25) is 5.91 Å². The van der Waals surface area contributed by atoms with Crippen LogP contribution < -0.4 is 10.2 Å². The topological polar surface area (TPSA) is 73.2 Å². The number of nitrogens with zero attached hydrogens (tertiary/aromatic N) is 2.